The Hall–Kier alpha value is -2.71. The molecule has 4 rings (SSSR count). The van der Waals surface area contributed by atoms with Gasteiger partial charge >= 0.3 is 0 Å². The molecular formula is C20H25N5O3. The molecule has 0 saturated carbocycles. The van der Waals surface area contributed by atoms with Gasteiger partial charge < -0.3 is 9.47 Å². The molecule has 28 heavy (non-hydrogen) atoms. The fourth-order valence-electron chi connectivity index (χ4n) is 3.86. The topological polar surface area (TPSA) is 87.0 Å². The van der Waals surface area contributed by atoms with Gasteiger partial charge in [0.2, 0.25) is 0 Å². The van der Waals surface area contributed by atoms with Crippen LogP contribution in [0.25, 0.3) is 28.2 Å². The van der Waals surface area contributed by atoms with Gasteiger partial charge in [-0.15, -0.1) is 0 Å². The summed E-state index contributed by atoms with van der Waals surface area (Å²) in [5.74, 6) is 0. The molecule has 0 bridgehead atoms. The number of hydrogen-bond donors (Lipinski definition) is 1. The van der Waals surface area contributed by atoms with Gasteiger partial charge in [-0.3, -0.25) is 19.6 Å². The Morgan fingerprint density at radius 2 is 2.29 bits per heavy atom. The zero-order valence-electron chi connectivity index (χ0n) is 16.5. The van der Waals surface area contributed by atoms with Crippen LogP contribution < -0.4 is 5.56 Å². The summed E-state index contributed by atoms with van der Waals surface area (Å²) in [6, 6.07) is 1.91. The lowest BCUT2D eigenvalue weighted by Gasteiger charge is -2.23. The quantitative estimate of drug-likeness (QED) is 0.732. The van der Waals surface area contributed by atoms with Gasteiger partial charge in [0.1, 0.15) is 5.52 Å². The number of hydrogen-bond acceptors (Lipinski definition) is 5. The lowest BCUT2D eigenvalue weighted by Crippen LogP contribution is -2.20. The second kappa shape index (κ2) is 7.37. The summed E-state index contributed by atoms with van der Waals surface area (Å²) in [4.78, 5) is 17.4. The fraction of sp³-hybridized carbons (Fsp3) is 0.450. The van der Waals surface area contributed by atoms with Crippen molar-refractivity contribution in [1.29, 1.82) is 0 Å². The van der Waals surface area contributed by atoms with Gasteiger partial charge in [-0.2, -0.15) is 5.10 Å². The van der Waals surface area contributed by atoms with Gasteiger partial charge in [-0.1, -0.05) is 6.58 Å². The molecule has 1 atom stereocenters. The number of ether oxygens (including phenoxy) is 2. The number of nitrogens with zero attached hydrogens (tertiary/aromatic N) is 4. The Morgan fingerprint density at radius 1 is 1.46 bits per heavy atom. The Bertz CT molecular complexity index is 1090. The molecule has 3 aromatic rings. The van der Waals surface area contributed by atoms with Crippen LogP contribution in [0, 0.1) is 6.92 Å². The van der Waals surface area contributed by atoms with Crippen LogP contribution >= 0.6 is 0 Å². The second-order valence-electron chi connectivity index (χ2n) is 7.11. The van der Waals surface area contributed by atoms with Gasteiger partial charge in [0.05, 0.1) is 34.9 Å². The summed E-state index contributed by atoms with van der Waals surface area (Å²) in [6.45, 7) is 6.92. The minimum Gasteiger partial charge on any atom is -0.378 e. The highest BCUT2D eigenvalue weighted by molar-refractivity contribution is 5.91. The average Bonchev–Trinajstić information content (AvgIpc) is 3.20. The van der Waals surface area contributed by atoms with Crippen LogP contribution in [0.15, 0.2) is 17.4 Å². The maximum Gasteiger partial charge on any atom is 0.276 e. The highest BCUT2D eigenvalue weighted by Crippen LogP contribution is 2.31. The molecule has 1 unspecified atom stereocenters. The van der Waals surface area contributed by atoms with Crippen molar-refractivity contribution in [2.75, 3.05) is 13.7 Å². The summed E-state index contributed by atoms with van der Waals surface area (Å²) in [5, 5.41) is 8.73. The summed E-state index contributed by atoms with van der Waals surface area (Å²) < 4.78 is 14.5. The smallest absolute Gasteiger partial charge is 0.276 e. The molecule has 1 aliphatic heterocycles. The number of rotatable bonds is 5. The third-order valence-electron chi connectivity index (χ3n) is 5.19. The lowest BCUT2D eigenvalue weighted by molar-refractivity contribution is -0.0394. The standard InChI is InChI=1S/C20H25N5O3/c1-5-16-13-10-14(18-15(11-27-4)22-24(3)20(18)26)21-12(2)19(13)23-25(16)17-8-6-7-9-28-17/h5,10,17,22H,1,6-9,11H2,2-4H3. The molecule has 0 radical (unpaired) electrons. The van der Waals surface area contributed by atoms with Crippen molar-refractivity contribution in [1.82, 2.24) is 24.5 Å². The summed E-state index contributed by atoms with van der Waals surface area (Å²) in [5.41, 5.74) is 4.13. The number of fused-ring (bicyclic) bond motifs is 1. The first-order chi connectivity index (χ1) is 13.5. The van der Waals surface area contributed by atoms with E-state index in [4.69, 9.17) is 14.6 Å². The van der Waals surface area contributed by atoms with Crippen LogP contribution in [0.2, 0.25) is 0 Å². The summed E-state index contributed by atoms with van der Waals surface area (Å²) in [6.07, 6.45) is 4.80. The van der Waals surface area contributed by atoms with Gasteiger partial charge in [0.15, 0.2) is 6.23 Å². The highest BCUT2D eigenvalue weighted by Gasteiger charge is 2.24. The zero-order valence-corrected chi connectivity index (χ0v) is 16.5. The largest absolute Gasteiger partial charge is 0.378 e. The normalized spacial score (nSPS) is 17.3. The molecule has 1 N–H and O–H groups in total. The molecule has 8 heteroatoms. The molecule has 148 valence electrons. The van der Waals surface area contributed by atoms with Crippen molar-refractivity contribution in [3.05, 3.63) is 40.1 Å². The number of aromatic nitrogens is 5. The van der Waals surface area contributed by atoms with E-state index < -0.39 is 0 Å². The van der Waals surface area contributed by atoms with Crippen molar-refractivity contribution in [2.24, 2.45) is 7.05 Å². The Labute approximate surface area is 162 Å². The minimum atomic E-state index is -0.138. The molecule has 0 aromatic carbocycles. The molecule has 1 fully saturated rings. The van der Waals surface area contributed by atoms with E-state index >= 15 is 0 Å². The highest BCUT2D eigenvalue weighted by atomic mass is 16.5. The SMILES string of the molecule is C=Cc1c2cc(-c3c(COC)[nH]n(C)c3=O)nc(C)c2nn1C1CCCCO1. The first-order valence-corrected chi connectivity index (χ1v) is 9.46. The summed E-state index contributed by atoms with van der Waals surface area (Å²) in [7, 11) is 3.28. The van der Waals surface area contributed by atoms with E-state index in [1.807, 2.05) is 17.7 Å². The van der Waals surface area contributed by atoms with Crippen LogP contribution in [-0.4, -0.2) is 38.3 Å². The Kier molecular flexibility index (Phi) is 4.91. The lowest BCUT2D eigenvalue weighted by atomic mass is 10.1. The molecule has 0 spiro atoms. The number of aromatic amines is 1. The maximum atomic E-state index is 12.7. The van der Waals surface area contributed by atoms with Gasteiger partial charge in [-0.25, -0.2) is 4.68 Å². The summed E-state index contributed by atoms with van der Waals surface area (Å²) >= 11 is 0. The molecule has 0 aliphatic carbocycles. The van der Waals surface area contributed by atoms with Crippen molar-refractivity contribution >= 4 is 17.0 Å². The molecular weight excluding hydrogens is 358 g/mol. The van der Waals surface area contributed by atoms with Crippen LogP contribution in [0.3, 0.4) is 0 Å². The maximum absolute atomic E-state index is 12.7. The number of H-pyrrole nitrogens is 1. The second-order valence-corrected chi connectivity index (χ2v) is 7.11. The monoisotopic (exact) mass is 383 g/mol. The molecule has 4 heterocycles. The third kappa shape index (κ3) is 2.98. The molecule has 8 nitrogen and oxygen atoms in total. The third-order valence-corrected chi connectivity index (χ3v) is 5.19. The average molecular weight is 383 g/mol. The van der Waals surface area contributed by atoms with E-state index in [9.17, 15) is 4.79 Å². The number of pyridine rings is 1. The first kappa shape index (κ1) is 18.6. The van der Waals surface area contributed by atoms with Crippen LogP contribution in [0.5, 0.6) is 0 Å². The van der Waals surface area contributed by atoms with Crippen molar-refractivity contribution in [3.63, 3.8) is 0 Å². The van der Waals surface area contributed by atoms with Crippen LogP contribution in [-0.2, 0) is 23.1 Å². The molecule has 1 aliphatic rings. The Balaban J connectivity index is 1.92. The zero-order chi connectivity index (χ0) is 19.8. The number of aryl methyl sites for hydroxylation is 2. The van der Waals surface area contributed by atoms with Crippen LogP contribution in [0.4, 0.5) is 0 Å². The van der Waals surface area contributed by atoms with E-state index in [2.05, 4.69) is 16.7 Å². The van der Waals surface area contributed by atoms with Crippen LogP contribution in [0.1, 0.15) is 42.6 Å². The van der Waals surface area contributed by atoms with E-state index in [0.717, 1.165) is 48.2 Å². The molecule has 3 aromatic heterocycles. The van der Waals surface area contributed by atoms with E-state index in [-0.39, 0.29) is 11.8 Å². The van der Waals surface area contributed by atoms with Gasteiger partial charge in [-0.05, 0) is 38.3 Å². The van der Waals surface area contributed by atoms with E-state index in [1.165, 1.54) is 4.68 Å². The predicted octanol–water partition coefficient (Wildman–Crippen LogP) is 2.92. The number of methoxy groups -OCH3 is 1. The van der Waals surface area contributed by atoms with Crippen molar-refractivity contribution in [3.8, 4) is 11.3 Å². The van der Waals surface area contributed by atoms with Crippen molar-refractivity contribution < 1.29 is 9.47 Å². The van der Waals surface area contributed by atoms with Gasteiger partial charge in [0, 0.05) is 26.2 Å². The Morgan fingerprint density at radius 3 is 2.96 bits per heavy atom. The number of nitrogens with one attached hydrogen (secondary N) is 1. The molecule has 0 amide bonds. The van der Waals surface area contributed by atoms with Gasteiger partial charge in [0.25, 0.3) is 5.56 Å². The first-order valence-electron chi connectivity index (χ1n) is 9.46. The minimum absolute atomic E-state index is 0.0961. The predicted molar refractivity (Wildman–Crippen MR) is 107 cm³/mol. The van der Waals surface area contributed by atoms with E-state index in [1.54, 1.807) is 20.2 Å². The van der Waals surface area contributed by atoms with Crippen molar-refractivity contribution in [2.45, 2.75) is 39.0 Å². The van der Waals surface area contributed by atoms with E-state index in [0.29, 0.717) is 23.6 Å². The fourth-order valence-corrected chi connectivity index (χ4v) is 3.86. The molecule has 1 saturated heterocycles.